The summed E-state index contributed by atoms with van der Waals surface area (Å²) in [5.41, 5.74) is 0.829. The fourth-order valence-electron chi connectivity index (χ4n) is 2.18. The zero-order chi connectivity index (χ0) is 12.3. The molecule has 0 bridgehead atoms. The Balaban J connectivity index is 1.90. The van der Waals surface area contributed by atoms with Gasteiger partial charge in [-0.3, -0.25) is 4.79 Å². The average Bonchev–Trinajstić information content (AvgIpc) is 2.76. The first-order valence-electron chi connectivity index (χ1n) is 5.87. The van der Waals surface area contributed by atoms with E-state index in [2.05, 4.69) is 27.9 Å². The van der Waals surface area contributed by atoms with Crippen molar-refractivity contribution in [2.75, 3.05) is 26.7 Å². The number of rotatable bonds is 3. The van der Waals surface area contributed by atoms with Crippen molar-refractivity contribution < 1.29 is 4.79 Å². The summed E-state index contributed by atoms with van der Waals surface area (Å²) in [4.78, 5) is 14.0. The van der Waals surface area contributed by atoms with Gasteiger partial charge < -0.3 is 10.2 Å². The van der Waals surface area contributed by atoms with Gasteiger partial charge in [-0.1, -0.05) is 0 Å². The maximum absolute atomic E-state index is 12.1. The monoisotopic (exact) mass is 364 g/mol. The molecule has 2 heterocycles. The van der Waals surface area contributed by atoms with Gasteiger partial charge in [-0.2, -0.15) is 0 Å². The van der Waals surface area contributed by atoms with E-state index in [0.717, 1.165) is 25.2 Å². The molecule has 1 N–H and O–H groups in total. The Hall–Kier alpha value is -0.140. The molecule has 17 heavy (non-hydrogen) atoms. The predicted molar refractivity (Wildman–Crippen MR) is 79.6 cm³/mol. The fraction of sp³-hybridized carbons (Fsp3) is 0.583. The van der Waals surface area contributed by atoms with Crippen LogP contribution in [0.1, 0.15) is 23.2 Å². The Labute approximate surface area is 120 Å². The standard InChI is InChI=1S/C12H17IN2OS/c1-15(7-9-2-4-14-5-3-9)12(16)10-6-11(13)17-8-10/h6,8-9,14H,2-5,7H2,1H3. The molecule has 1 aliphatic rings. The van der Waals surface area contributed by atoms with E-state index in [9.17, 15) is 4.79 Å². The van der Waals surface area contributed by atoms with Gasteiger partial charge in [-0.05, 0) is 60.5 Å². The molecule has 2 rings (SSSR count). The summed E-state index contributed by atoms with van der Waals surface area (Å²) >= 11 is 3.88. The first-order chi connectivity index (χ1) is 8.16. The number of hydrogen-bond acceptors (Lipinski definition) is 3. The van der Waals surface area contributed by atoms with E-state index in [-0.39, 0.29) is 5.91 Å². The molecular formula is C12H17IN2OS. The molecule has 0 spiro atoms. The van der Waals surface area contributed by atoms with Gasteiger partial charge in [-0.15, -0.1) is 11.3 Å². The summed E-state index contributed by atoms with van der Waals surface area (Å²) < 4.78 is 1.17. The van der Waals surface area contributed by atoms with Crippen LogP contribution in [0.5, 0.6) is 0 Å². The molecule has 1 amide bonds. The van der Waals surface area contributed by atoms with Crippen LogP contribution in [-0.2, 0) is 0 Å². The van der Waals surface area contributed by atoms with E-state index in [1.54, 1.807) is 11.3 Å². The van der Waals surface area contributed by atoms with E-state index in [1.165, 1.54) is 15.7 Å². The molecule has 0 radical (unpaired) electrons. The molecule has 94 valence electrons. The van der Waals surface area contributed by atoms with Crippen LogP contribution in [0, 0.1) is 8.80 Å². The van der Waals surface area contributed by atoms with Crippen LogP contribution in [0.15, 0.2) is 11.4 Å². The van der Waals surface area contributed by atoms with Gasteiger partial charge in [0.1, 0.15) is 0 Å². The number of halogens is 1. The quantitative estimate of drug-likeness (QED) is 0.836. The van der Waals surface area contributed by atoms with E-state index < -0.39 is 0 Å². The Morgan fingerprint density at radius 2 is 2.29 bits per heavy atom. The third-order valence-electron chi connectivity index (χ3n) is 3.15. The van der Waals surface area contributed by atoms with Gasteiger partial charge in [0.2, 0.25) is 0 Å². The van der Waals surface area contributed by atoms with E-state index >= 15 is 0 Å². The second kappa shape index (κ2) is 6.15. The highest BCUT2D eigenvalue weighted by atomic mass is 127. The summed E-state index contributed by atoms with van der Waals surface area (Å²) in [5.74, 6) is 0.811. The molecule has 1 fully saturated rings. The van der Waals surface area contributed by atoms with Crippen LogP contribution in [-0.4, -0.2) is 37.5 Å². The first kappa shape index (κ1) is 13.3. The molecule has 0 saturated carbocycles. The molecule has 1 aromatic heterocycles. The number of thiophene rings is 1. The SMILES string of the molecule is CN(CC1CCNCC1)C(=O)c1csc(I)c1. The Bertz CT molecular complexity index is 388. The number of amides is 1. The molecule has 0 aromatic carbocycles. The molecule has 0 unspecified atom stereocenters. The number of piperidine rings is 1. The van der Waals surface area contributed by atoms with E-state index in [4.69, 9.17) is 0 Å². The van der Waals surface area contributed by atoms with Crippen molar-refractivity contribution >= 4 is 39.8 Å². The van der Waals surface area contributed by atoms with E-state index in [1.807, 2.05) is 23.4 Å². The minimum atomic E-state index is 0.155. The van der Waals surface area contributed by atoms with Crippen molar-refractivity contribution in [2.24, 2.45) is 5.92 Å². The van der Waals surface area contributed by atoms with E-state index in [0.29, 0.717) is 5.92 Å². The zero-order valence-corrected chi connectivity index (χ0v) is 12.9. The van der Waals surface area contributed by atoms with Crippen molar-refractivity contribution in [3.8, 4) is 0 Å². The molecule has 3 nitrogen and oxygen atoms in total. The lowest BCUT2D eigenvalue weighted by molar-refractivity contribution is 0.0763. The number of carbonyl (C=O) groups is 1. The summed E-state index contributed by atoms with van der Waals surface area (Å²) in [6.45, 7) is 3.05. The maximum Gasteiger partial charge on any atom is 0.254 e. The van der Waals surface area contributed by atoms with Gasteiger partial charge in [0.25, 0.3) is 5.91 Å². The summed E-state index contributed by atoms with van der Waals surface area (Å²) in [5, 5.41) is 5.30. The highest BCUT2D eigenvalue weighted by Crippen LogP contribution is 2.19. The summed E-state index contributed by atoms with van der Waals surface area (Å²) in [7, 11) is 1.91. The van der Waals surface area contributed by atoms with Gasteiger partial charge in [0, 0.05) is 19.0 Å². The Morgan fingerprint density at radius 1 is 1.59 bits per heavy atom. The van der Waals surface area contributed by atoms with Crippen LogP contribution in [0.25, 0.3) is 0 Å². The van der Waals surface area contributed by atoms with Gasteiger partial charge in [0.15, 0.2) is 0 Å². The summed E-state index contributed by atoms with van der Waals surface area (Å²) in [6, 6.07) is 1.96. The minimum Gasteiger partial charge on any atom is -0.341 e. The highest BCUT2D eigenvalue weighted by molar-refractivity contribution is 14.1. The number of nitrogens with one attached hydrogen (secondary N) is 1. The van der Waals surface area contributed by atoms with Crippen LogP contribution < -0.4 is 5.32 Å². The lowest BCUT2D eigenvalue weighted by Gasteiger charge is -2.27. The van der Waals surface area contributed by atoms with Gasteiger partial charge in [-0.25, -0.2) is 0 Å². The normalized spacial score (nSPS) is 17.1. The molecule has 1 aromatic rings. The van der Waals surface area contributed by atoms with Crippen molar-refractivity contribution in [3.05, 3.63) is 19.9 Å². The second-order valence-electron chi connectivity index (χ2n) is 4.52. The van der Waals surface area contributed by atoms with Gasteiger partial charge >= 0.3 is 0 Å². The lowest BCUT2D eigenvalue weighted by Crippen LogP contribution is -2.37. The average molecular weight is 364 g/mol. The van der Waals surface area contributed by atoms with Crippen LogP contribution >= 0.6 is 33.9 Å². The fourth-order valence-corrected chi connectivity index (χ4v) is 3.50. The first-order valence-corrected chi connectivity index (χ1v) is 7.83. The zero-order valence-electron chi connectivity index (χ0n) is 9.91. The molecule has 1 aliphatic heterocycles. The topological polar surface area (TPSA) is 32.3 Å². The van der Waals surface area contributed by atoms with Crippen molar-refractivity contribution in [2.45, 2.75) is 12.8 Å². The molecule has 5 heteroatoms. The third kappa shape index (κ3) is 3.66. The number of carbonyl (C=O) groups excluding carboxylic acids is 1. The molecule has 0 atom stereocenters. The third-order valence-corrected chi connectivity index (χ3v) is 4.94. The smallest absolute Gasteiger partial charge is 0.254 e. The predicted octanol–water partition coefficient (Wildman–Crippen LogP) is 2.42. The Kier molecular flexibility index (Phi) is 4.81. The largest absolute Gasteiger partial charge is 0.341 e. The van der Waals surface area contributed by atoms with Crippen molar-refractivity contribution in [1.29, 1.82) is 0 Å². The molecular weight excluding hydrogens is 347 g/mol. The minimum absolute atomic E-state index is 0.155. The number of nitrogens with zero attached hydrogens (tertiary/aromatic N) is 1. The van der Waals surface area contributed by atoms with Crippen LogP contribution in [0.3, 0.4) is 0 Å². The highest BCUT2D eigenvalue weighted by Gasteiger charge is 2.19. The van der Waals surface area contributed by atoms with Crippen LogP contribution in [0.2, 0.25) is 0 Å². The molecule has 0 aliphatic carbocycles. The lowest BCUT2D eigenvalue weighted by atomic mass is 9.97. The van der Waals surface area contributed by atoms with Crippen LogP contribution in [0.4, 0.5) is 0 Å². The van der Waals surface area contributed by atoms with Gasteiger partial charge in [0.05, 0.1) is 8.45 Å². The van der Waals surface area contributed by atoms with Crippen molar-refractivity contribution in [3.63, 3.8) is 0 Å². The molecule has 1 saturated heterocycles. The maximum atomic E-state index is 12.1. The second-order valence-corrected chi connectivity index (χ2v) is 7.32. The van der Waals surface area contributed by atoms with Crippen molar-refractivity contribution in [1.82, 2.24) is 10.2 Å². The number of hydrogen-bond donors (Lipinski definition) is 1. The Morgan fingerprint density at radius 3 is 2.88 bits per heavy atom. The summed E-state index contributed by atoms with van der Waals surface area (Å²) in [6.07, 6.45) is 2.36.